The van der Waals surface area contributed by atoms with Crippen LogP contribution in [0.2, 0.25) is 5.02 Å². The molecular weight excluding hydrogens is 522 g/mol. The molecule has 0 aliphatic rings. The van der Waals surface area contributed by atoms with Gasteiger partial charge >= 0.3 is 0 Å². The molecule has 7 nitrogen and oxygen atoms in total. The van der Waals surface area contributed by atoms with Gasteiger partial charge in [0.25, 0.3) is 5.91 Å². The second kappa shape index (κ2) is 12.7. The Kier molecular flexibility index (Phi) is 9.15. The molecule has 38 heavy (non-hydrogen) atoms. The number of halogens is 1. The van der Waals surface area contributed by atoms with Crippen LogP contribution in [0.4, 0.5) is 5.69 Å². The topological polar surface area (TPSA) is 102 Å². The average molecular weight is 549 g/mol. The maximum Gasteiger partial charge on any atom is 0.251 e. The Hall–Kier alpha value is -3.69. The van der Waals surface area contributed by atoms with E-state index < -0.39 is 10.0 Å². The van der Waals surface area contributed by atoms with Crippen molar-refractivity contribution in [2.75, 3.05) is 12.0 Å². The molecular formula is C29H27ClN3O4S-. The zero-order valence-corrected chi connectivity index (χ0v) is 22.1. The predicted octanol–water partition coefficient (Wildman–Crippen LogP) is 5.61. The van der Waals surface area contributed by atoms with E-state index in [1.807, 2.05) is 41.9 Å². The van der Waals surface area contributed by atoms with Crippen LogP contribution in [-0.4, -0.2) is 25.2 Å². The number of benzene rings is 4. The molecule has 0 heterocycles. The highest BCUT2D eigenvalue weighted by Crippen LogP contribution is 2.23. The van der Waals surface area contributed by atoms with E-state index in [1.54, 1.807) is 54.6 Å². The number of rotatable bonds is 11. The van der Waals surface area contributed by atoms with Crippen LogP contribution in [0.5, 0.6) is 0 Å². The molecule has 0 radical (unpaired) electrons. The summed E-state index contributed by atoms with van der Waals surface area (Å²) < 4.78 is 28.4. The van der Waals surface area contributed by atoms with Gasteiger partial charge in [-0.05, 0) is 71.6 Å². The third kappa shape index (κ3) is 7.20. The molecule has 0 saturated heterocycles. The van der Waals surface area contributed by atoms with Crippen molar-refractivity contribution < 1.29 is 13.2 Å². The molecule has 0 spiro atoms. The lowest BCUT2D eigenvalue weighted by Gasteiger charge is -2.23. The third-order valence-electron chi connectivity index (χ3n) is 5.97. The normalized spacial score (nSPS) is 11.3. The first-order valence-electron chi connectivity index (χ1n) is 12.0. The van der Waals surface area contributed by atoms with Crippen LogP contribution in [-0.2, 0) is 29.5 Å². The fraction of sp³-hybridized carbons (Fsp3) is 0.138. The van der Waals surface area contributed by atoms with Gasteiger partial charge in [0.15, 0.2) is 0 Å². The van der Waals surface area contributed by atoms with Gasteiger partial charge in [0.1, 0.15) is 0 Å². The Morgan fingerprint density at radius 2 is 1.42 bits per heavy atom. The van der Waals surface area contributed by atoms with Crippen LogP contribution in [0.15, 0.2) is 108 Å². The van der Waals surface area contributed by atoms with E-state index in [2.05, 4.69) is 5.32 Å². The summed E-state index contributed by atoms with van der Waals surface area (Å²) in [5.74, 6) is -0.232. The van der Waals surface area contributed by atoms with E-state index in [0.29, 0.717) is 29.2 Å². The van der Waals surface area contributed by atoms with Crippen LogP contribution in [0, 0.1) is 5.21 Å². The highest BCUT2D eigenvalue weighted by Gasteiger charge is 2.25. The second-order valence-corrected chi connectivity index (χ2v) is 11.1. The molecule has 0 unspecified atom stereocenters. The van der Waals surface area contributed by atoms with Crippen molar-refractivity contribution in [2.45, 2.75) is 24.4 Å². The quantitative estimate of drug-likeness (QED) is 0.237. The molecule has 0 aliphatic carbocycles. The monoisotopic (exact) mass is 548 g/mol. The van der Waals surface area contributed by atoms with Gasteiger partial charge in [-0.15, -0.1) is 0 Å². The summed E-state index contributed by atoms with van der Waals surface area (Å²) >= 11 is 5.96. The van der Waals surface area contributed by atoms with Gasteiger partial charge in [0.05, 0.1) is 4.90 Å². The summed E-state index contributed by atoms with van der Waals surface area (Å²) in [7, 11) is -3.81. The van der Waals surface area contributed by atoms with E-state index in [1.165, 1.54) is 16.4 Å². The van der Waals surface area contributed by atoms with E-state index in [9.17, 15) is 18.4 Å². The molecule has 0 aromatic heterocycles. The van der Waals surface area contributed by atoms with Gasteiger partial charge < -0.3 is 16.0 Å². The van der Waals surface area contributed by atoms with Gasteiger partial charge in [-0.1, -0.05) is 66.2 Å². The Bertz CT molecular complexity index is 1460. The number of carbonyl (C=O) groups excluding carboxylic acids is 1. The molecule has 4 rings (SSSR count). The molecule has 4 aromatic carbocycles. The standard InChI is InChI=1S/C29H27ClN3O4S/c30-26-13-15-28(16-14-26)38(36,37)33(20-23-5-2-1-3-6-23)21-24-9-11-25(12-10-24)29(34)31-18-17-22-7-4-8-27(19-22)32-35/h1-16,19,32H,17-18,20-21H2,(H,31,34)/q-1. The van der Waals surface area contributed by atoms with Crippen LogP contribution in [0.1, 0.15) is 27.0 Å². The molecule has 4 aromatic rings. The zero-order valence-electron chi connectivity index (χ0n) is 20.5. The number of nitrogens with one attached hydrogen (secondary N) is 2. The summed E-state index contributed by atoms with van der Waals surface area (Å²) in [6.07, 6.45) is 0.580. The first-order chi connectivity index (χ1) is 18.3. The molecule has 9 heteroatoms. The van der Waals surface area contributed by atoms with Crippen LogP contribution < -0.4 is 10.8 Å². The zero-order chi connectivity index (χ0) is 27.0. The smallest absolute Gasteiger partial charge is 0.251 e. The van der Waals surface area contributed by atoms with Crippen molar-refractivity contribution in [3.05, 3.63) is 136 Å². The van der Waals surface area contributed by atoms with Crippen LogP contribution in [0.3, 0.4) is 0 Å². The lowest BCUT2D eigenvalue weighted by atomic mass is 10.1. The number of carbonyl (C=O) groups is 1. The minimum Gasteiger partial charge on any atom is -0.761 e. The molecule has 2 N–H and O–H groups in total. The Balaban J connectivity index is 1.44. The maximum atomic E-state index is 13.5. The summed E-state index contributed by atoms with van der Waals surface area (Å²) in [6.45, 7) is 0.732. The van der Waals surface area contributed by atoms with Gasteiger partial charge in [-0.2, -0.15) is 4.31 Å². The summed E-state index contributed by atoms with van der Waals surface area (Å²) in [4.78, 5) is 12.8. The number of anilines is 1. The lowest BCUT2D eigenvalue weighted by molar-refractivity contribution is 0.0954. The van der Waals surface area contributed by atoms with Gasteiger partial charge in [0, 0.05) is 35.9 Å². The number of hydrogen-bond acceptors (Lipinski definition) is 5. The lowest BCUT2D eigenvalue weighted by Crippen LogP contribution is -2.30. The van der Waals surface area contributed by atoms with Gasteiger partial charge in [-0.25, -0.2) is 8.42 Å². The SMILES string of the molecule is O=C(NCCc1cccc(N[O-])c1)c1ccc(CN(Cc2ccccc2)S(=O)(=O)c2ccc(Cl)cc2)cc1. The Labute approximate surface area is 227 Å². The third-order valence-corrected chi connectivity index (χ3v) is 8.03. The molecule has 0 atom stereocenters. The van der Waals surface area contributed by atoms with Crippen LogP contribution >= 0.6 is 11.6 Å². The van der Waals surface area contributed by atoms with Crippen LogP contribution in [0.25, 0.3) is 0 Å². The highest BCUT2D eigenvalue weighted by atomic mass is 35.5. The van der Waals surface area contributed by atoms with Crippen molar-refractivity contribution in [1.82, 2.24) is 9.62 Å². The largest absolute Gasteiger partial charge is 0.761 e. The summed E-state index contributed by atoms with van der Waals surface area (Å²) in [6, 6.07) is 29.5. The first kappa shape index (κ1) is 27.3. The van der Waals surface area contributed by atoms with E-state index in [-0.39, 0.29) is 23.9 Å². The molecule has 196 valence electrons. The first-order valence-corrected chi connectivity index (χ1v) is 13.8. The number of nitrogens with zero attached hydrogens (tertiary/aromatic N) is 1. The van der Waals surface area contributed by atoms with Gasteiger partial charge in [0.2, 0.25) is 10.0 Å². The van der Waals surface area contributed by atoms with Gasteiger partial charge in [-0.3, -0.25) is 4.79 Å². The molecule has 0 fully saturated rings. The van der Waals surface area contributed by atoms with E-state index >= 15 is 0 Å². The van der Waals surface area contributed by atoms with Crippen molar-refractivity contribution in [3.63, 3.8) is 0 Å². The van der Waals surface area contributed by atoms with Crippen molar-refractivity contribution in [1.29, 1.82) is 0 Å². The Morgan fingerprint density at radius 3 is 2.08 bits per heavy atom. The fourth-order valence-corrected chi connectivity index (χ4v) is 5.49. The maximum absolute atomic E-state index is 13.5. The van der Waals surface area contributed by atoms with Crippen molar-refractivity contribution in [2.24, 2.45) is 0 Å². The van der Waals surface area contributed by atoms with E-state index in [4.69, 9.17) is 11.6 Å². The predicted molar refractivity (Wildman–Crippen MR) is 150 cm³/mol. The molecule has 0 saturated carbocycles. The van der Waals surface area contributed by atoms with Crippen molar-refractivity contribution in [3.8, 4) is 0 Å². The number of sulfonamides is 1. The highest BCUT2D eigenvalue weighted by molar-refractivity contribution is 7.89. The minimum atomic E-state index is -3.81. The summed E-state index contributed by atoms with van der Waals surface area (Å²) in [5.41, 5.74) is 5.35. The molecule has 0 aliphatic heterocycles. The van der Waals surface area contributed by atoms with Crippen molar-refractivity contribution >= 4 is 33.2 Å². The second-order valence-electron chi connectivity index (χ2n) is 8.72. The number of amides is 1. The fourth-order valence-electron chi connectivity index (χ4n) is 3.95. The number of hydrogen-bond donors (Lipinski definition) is 2. The minimum absolute atomic E-state index is 0.131. The average Bonchev–Trinajstić information content (AvgIpc) is 2.94. The summed E-state index contributed by atoms with van der Waals surface area (Å²) in [5, 5.41) is 14.1. The molecule has 1 amide bonds. The molecule has 0 bridgehead atoms. The van der Waals surface area contributed by atoms with E-state index in [0.717, 1.165) is 16.7 Å². The Morgan fingerprint density at radius 1 is 0.789 bits per heavy atom.